The second kappa shape index (κ2) is 11.2. The fourth-order valence-electron chi connectivity index (χ4n) is 3.47. The summed E-state index contributed by atoms with van der Waals surface area (Å²) < 4.78 is 52.5. The van der Waals surface area contributed by atoms with Crippen LogP contribution in [0.2, 0.25) is 0 Å². The third-order valence-corrected chi connectivity index (χ3v) is 8.86. The molecule has 1 saturated heterocycles. The number of fused-ring (bicyclic) bond motifs is 1. The van der Waals surface area contributed by atoms with Gasteiger partial charge in [-0.2, -0.15) is 8.62 Å². The zero-order valence-electron chi connectivity index (χ0n) is 19.1. The number of ether oxygens (including phenoxy) is 1. The van der Waals surface area contributed by atoms with Gasteiger partial charge < -0.3 is 39.8 Å². The van der Waals surface area contributed by atoms with Crippen LogP contribution in [0.3, 0.4) is 0 Å². The number of nitrogens with zero attached hydrogens (tertiary/aromatic N) is 4. The van der Waals surface area contributed by atoms with Gasteiger partial charge in [0.15, 0.2) is 23.2 Å². The molecule has 0 spiro atoms. The smallest absolute Gasteiger partial charge is 0.387 e. The topological polar surface area (TPSA) is 282 Å². The highest BCUT2D eigenvalue weighted by Crippen LogP contribution is 2.66. The molecule has 4 rings (SSSR count). The van der Waals surface area contributed by atoms with Crippen molar-refractivity contribution in [1.29, 1.82) is 0 Å². The number of carbonyl (C=O) groups is 1. The van der Waals surface area contributed by atoms with Crippen LogP contribution in [-0.2, 0) is 31.6 Å². The van der Waals surface area contributed by atoms with Gasteiger partial charge in [0.05, 0.1) is 12.9 Å². The van der Waals surface area contributed by atoms with Crippen LogP contribution >= 0.6 is 23.5 Å². The first-order valence-corrected chi connectivity index (χ1v) is 15.0. The summed E-state index contributed by atoms with van der Waals surface area (Å²) in [5, 5.41) is 23.5. The summed E-state index contributed by atoms with van der Waals surface area (Å²) in [5.41, 5.74) is 0.516. The number of anilines is 1. The lowest BCUT2D eigenvalue weighted by Gasteiger charge is -2.19. The van der Waals surface area contributed by atoms with E-state index in [1.165, 1.54) is 10.9 Å². The van der Waals surface area contributed by atoms with Gasteiger partial charge >= 0.3 is 23.5 Å². The molecule has 22 heteroatoms. The van der Waals surface area contributed by atoms with Crippen LogP contribution in [0.5, 0.6) is 0 Å². The predicted molar refractivity (Wildman–Crippen MR) is 125 cm³/mol. The second-order valence-corrected chi connectivity index (χ2v) is 12.2. The Labute approximate surface area is 217 Å². The normalized spacial score (nSPS) is 24.8. The Morgan fingerprint density at radius 2 is 1.67 bits per heavy atom. The van der Waals surface area contributed by atoms with Crippen LogP contribution in [0.15, 0.2) is 43.0 Å². The van der Waals surface area contributed by atoms with Crippen molar-refractivity contribution in [1.82, 2.24) is 19.5 Å². The lowest BCUT2D eigenvalue weighted by atomic mass is 10.1. The maximum absolute atomic E-state index is 12.5. The fraction of sp³-hybridized carbons (Fsp3) is 0.294. The molecule has 19 nitrogen and oxygen atoms in total. The highest BCUT2D eigenvalue weighted by atomic mass is 31.3. The van der Waals surface area contributed by atoms with Crippen LogP contribution in [0, 0.1) is 0 Å². The molecule has 212 valence electrons. The van der Waals surface area contributed by atoms with E-state index < -0.39 is 60.5 Å². The van der Waals surface area contributed by atoms with Crippen LogP contribution in [0.25, 0.3) is 11.2 Å². The molecule has 0 aliphatic carbocycles. The Morgan fingerprint density at radius 1 is 0.974 bits per heavy atom. The number of imidazole rings is 1. The van der Waals surface area contributed by atoms with Crippen molar-refractivity contribution in [3.8, 4) is 0 Å². The molecule has 6 atom stereocenters. The summed E-state index contributed by atoms with van der Waals surface area (Å²) in [6.07, 6.45) is -4.04. The van der Waals surface area contributed by atoms with Crippen molar-refractivity contribution in [3.05, 3.63) is 48.5 Å². The molecule has 0 saturated carbocycles. The van der Waals surface area contributed by atoms with Crippen LogP contribution in [0.4, 0.5) is 5.82 Å². The quantitative estimate of drug-likeness (QED) is 0.149. The van der Waals surface area contributed by atoms with E-state index in [0.29, 0.717) is 5.56 Å². The lowest BCUT2D eigenvalue weighted by molar-refractivity contribution is -0.0503. The van der Waals surface area contributed by atoms with Crippen LogP contribution in [-0.4, -0.2) is 80.1 Å². The zero-order chi connectivity index (χ0) is 28.6. The second-order valence-electron chi connectivity index (χ2n) is 7.80. The first kappa shape index (κ1) is 29.5. The van der Waals surface area contributed by atoms with Crippen molar-refractivity contribution in [2.24, 2.45) is 0 Å². The highest BCUT2D eigenvalue weighted by Gasteiger charge is 2.47. The van der Waals surface area contributed by atoms with E-state index >= 15 is 0 Å². The average Bonchev–Trinajstić information content (AvgIpc) is 3.38. The molecule has 1 aliphatic heterocycles. The van der Waals surface area contributed by atoms with Crippen LogP contribution in [0.1, 0.15) is 16.6 Å². The molecule has 7 N–H and O–H groups in total. The van der Waals surface area contributed by atoms with Gasteiger partial charge in [0.2, 0.25) is 0 Å². The molecule has 3 aromatic rings. The number of benzene rings is 1. The minimum atomic E-state index is -5.75. The minimum Gasteiger partial charge on any atom is -0.387 e. The van der Waals surface area contributed by atoms with Crippen molar-refractivity contribution in [2.75, 3.05) is 11.9 Å². The summed E-state index contributed by atoms with van der Waals surface area (Å²) in [6, 6.07) is 8.24. The largest absolute Gasteiger partial charge is 0.490 e. The molecule has 3 heterocycles. The summed E-state index contributed by atoms with van der Waals surface area (Å²) in [4.78, 5) is 60.7. The maximum atomic E-state index is 12.5. The Morgan fingerprint density at radius 3 is 2.33 bits per heavy atom. The maximum Gasteiger partial charge on any atom is 0.490 e. The Bertz CT molecular complexity index is 1500. The van der Waals surface area contributed by atoms with Crippen molar-refractivity contribution < 1.29 is 66.2 Å². The van der Waals surface area contributed by atoms with E-state index in [4.69, 9.17) is 14.5 Å². The fourth-order valence-corrected chi connectivity index (χ4v) is 6.50. The van der Waals surface area contributed by atoms with Gasteiger partial charge in [-0.3, -0.25) is 13.9 Å². The number of aliphatic hydroxyl groups excluding tert-OH is 2. The molecule has 2 unspecified atom stereocenters. The van der Waals surface area contributed by atoms with E-state index in [1.807, 2.05) is 0 Å². The van der Waals surface area contributed by atoms with Crippen LogP contribution < -0.4 is 5.32 Å². The molecule has 1 fully saturated rings. The SMILES string of the molecule is O=C(Nc1ncnc2c1ncn2[C@@H]1O[C@H](COP(=O)(O)OP(=O)(O)OP(=O)(O)O)[C@@H](O)[C@H]1O)c1ccccc1. The number of phosphoric ester groups is 1. The molecule has 1 amide bonds. The number of hydrogen-bond acceptors (Lipinski definition) is 13. The molecular weight excluding hydrogens is 591 g/mol. The Hall–Kier alpha value is -2.47. The number of phosphoric acid groups is 3. The van der Waals surface area contributed by atoms with Gasteiger partial charge in [-0.15, -0.1) is 0 Å². The summed E-state index contributed by atoms with van der Waals surface area (Å²) in [7, 11) is -16.8. The molecule has 0 bridgehead atoms. The first-order chi connectivity index (χ1) is 18.2. The number of carbonyl (C=O) groups excluding carboxylic acids is 1. The number of aliphatic hydroxyl groups is 2. The summed E-state index contributed by atoms with van der Waals surface area (Å²) in [5.74, 6) is -0.450. The van der Waals surface area contributed by atoms with Gasteiger partial charge in [0.25, 0.3) is 5.91 Å². The highest BCUT2D eigenvalue weighted by molar-refractivity contribution is 7.66. The van der Waals surface area contributed by atoms with Gasteiger partial charge in [-0.1, -0.05) is 18.2 Å². The minimum absolute atomic E-state index is 0.0323. The van der Waals surface area contributed by atoms with Crippen molar-refractivity contribution >= 4 is 46.4 Å². The van der Waals surface area contributed by atoms with E-state index in [-0.39, 0.29) is 17.0 Å². The van der Waals surface area contributed by atoms with E-state index in [0.717, 1.165) is 6.33 Å². The number of nitrogens with one attached hydrogen (secondary N) is 1. The summed E-state index contributed by atoms with van der Waals surface area (Å²) in [6.45, 7) is -1.00. The van der Waals surface area contributed by atoms with E-state index in [1.54, 1.807) is 30.3 Å². The van der Waals surface area contributed by atoms with Crippen molar-refractivity contribution in [2.45, 2.75) is 24.5 Å². The number of rotatable bonds is 10. The predicted octanol–water partition coefficient (Wildman–Crippen LogP) is 0.0411. The van der Waals surface area contributed by atoms with E-state index in [9.17, 15) is 38.5 Å². The average molecular weight is 611 g/mol. The lowest BCUT2D eigenvalue weighted by Crippen LogP contribution is -2.33. The molecule has 1 aliphatic rings. The molecular formula is C17H20N5O14P3. The van der Waals surface area contributed by atoms with Crippen molar-refractivity contribution in [3.63, 3.8) is 0 Å². The number of aromatic nitrogens is 4. The standard InChI is InChI=1S/C17H20N5O14P3/c23-12-10(6-33-38(29,30)36-39(31,32)35-37(26,27)28)34-17(13(12)24)22-8-20-11-14(18-7-19-15(11)22)21-16(25)9-4-2-1-3-5-9/h1-5,7-8,10,12-13,17,23-24H,6H2,(H,29,30)(H,31,32)(H2,26,27,28)(H,18,19,21,25)/t10-,12-,13-,17-/m1/s1. The third-order valence-electron chi connectivity index (χ3n) is 5.06. The monoisotopic (exact) mass is 611 g/mol. The molecule has 39 heavy (non-hydrogen) atoms. The molecule has 1 aromatic carbocycles. The molecule has 2 aromatic heterocycles. The van der Waals surface area contributed by atoms with Gasteiger partial charge in [0, 0.05) is 5.56 Å². The zero-order valence-corrected chi connectivity index (χ0v) is 21.8. The Kier molecular flexibility index (Phi) is 8.47. The number of hydrogen-bond donors (Lipinski definition) is 7. The Balaban J connectivity index is 1.47. The summed E-state index contributed by atoms with van der Waals surface area (Å²) >= 11 is 0. The first-order valence-electron chi connectivity index (χ1n) is 10.5. The number of amides is 1. The van der Waals surface area contributed by atoms with E-state index in [2.05, 4.69) is 33.4 Å². The third kappa shape index (κ3) is 7.19. The van der Waals surface area contributed by atoms with Gasteiger partial charge in [-0.05, 0) is 12.1 Å². The molecule has 0 radical (unpaired) electrons. The van der Waals surface area contributed by atoms with Gasteiger partial charge in [-0.25, -0.2) is 28.6 Å². The van der Waals surface area contributed by atoms with Gasteiger partial charge in [0.1, 0.15) is 24.6 Å².